The molecule has 2 unspecified atom stereocenters. The van der Waals surface area contributed by atoms with Gasteiger partial charge in [-0.25, -0.2) is 0 Å². The number of nitrogens with two attached hydrogens (primary N) is 1. The van der Waals surface area contributed by atoms with Crippen LogP contribution in [0.4, 0.5) is 0 Å². The molecule has 1 aromatic rings. The Balaban J connectivity index is 1.89. The van der Waals surface area contributed by atoms with Gasteiger partial charge in [-0.2, -0.15) is 0 Å². The van der Waals surface area contributed by atoms with Gasteiger partial charge in [0.15, 0.2) is 0 Å². The third-order valence-electron chi connectivity index (χ3n) is 4.19. The predicted octanol–water partition coefficient (Wildman–Crippen LogP) is 1.52. The summed E-state index contributed by atoms with van der Waals surface area (Å²) in [5.74, 6) is -0.0272. The second-order valence-electron chi connectivity index (χ2n) is 5.65. The first kappa shape index (κ1) is 17.2. The van der Waals surface area contributed by atoms with Gasteiger partial charge < -0.3 is 15.4 Å². The third kappa shape index (κ3) is 4.20. The Kier molecular flexibility index (Phi) is 6.20. The van der Waals surface area contributed by atoms with Crippen LogP contribution in [0.2, 0.25) is 5.02 Å². The summed E-state index contributed by atoms with van der Waals surface area (Å²) < 4.78 is 4.95. The van der Waals surface area contributed by atoms with Crippen LogP contribution in [0, 0.1) is 0 Å². The van der Waals surface area contributed by atoms with Gasteiger partial charge in [0.2, 0.25) is 5.91 Å². The monoisotopic (exact) mass is 325 g/mol. The molecule has 2 atom stereocenters. The molecule has 0 bridgehead atoms. The summed E-state index contributed by atoms with van der Waals surface area (Å²) in [5, 5.41) is 0.749. The van der Waals surface area contributed by atoms with Crippen LogP contribution in [0.15, 0.2) is 24.3 Å². The zero-order valence-electron chi connectivity index (χ0n) is 13.2. The first-order valence-electron chi connectivity index (χ1n) is 7.55. The molecule has 22 heavy (non-hydrogen) atoms. The molecule has 1 aliphatic heterocycles. The Morgan fingerprint density at radius 1 is 1.27 bits per heavy atom. The number of carbonyl (C=O) groups is 1. The van der Waals surface area contributed by atoms with E-state index < -0.39 is 6.04 Å². The van der Waals surface area contributed by atoms with Crippen molar-refractivity contribution < 1.29 is 9.53 Å². The highest BCUT2D eigenvalue weighted by Crippen LogP contribution is 2.23. The maximum atomic E-state index is 12.2. The zero-order valence-corrected chi connectivity index (χ0v) is 13.9. The van der Waals surface area contributed by atoms with E-state index in [4.69, 9.17) is 22.1 Å². The minimum Gasteiger partial charge on any atom is -0.383 e. The molecule has 1 heterocycles. The molecule has 5 nitrogen and oxygen atoms in total. The first-order valence-corrected chi connectivity index (χ1v) is 7.93. The van der Waals surface area contributed by atoms with Crippen molar-refractivity contribution in [2.75, 3.05) is 39.9 Å². The molecule has 0 aliphatic carbocycles. The van der Waals surface area contributed by atoms with Crippen LogP contribution in [-0.2, 0) is 9.53 Å². The summed E-state index contributed by atoms with van der Waals surface area (Å²) in [6.07, 6.45) is 0. The second kappa shape index (κ2) is 7.92. The number of hydrogen-bond acceptors (Lipinski definition) is 4. The fourth-order valence-corrected chi connectivity index (χ4v) is 2.89. The minimum absolute atomic E-state index is 0.0272. The number of hydrogen-bond donors (Lipinski definition) is 1. The van der Waals surface area contributed by atoms with E-state index in [1.54, 1.807) is 7.11 Å². The fraction of sp³-hybridized carbons (Fsp3) is 0.562. The van der Waals surface area contributed by atoms with Crippen molar-refractivity contribution >= 4 is 17.5 Å². The Morgan fingerprint density at radius 3 is 2.41 bits per heavy atom. The Labute approximate surface area is 137 Å². The second-order valence-corrected chi connectivity index (χ2v) is 6.09. The quantitative estimate of drug-likeness (QED) is 0.891. The summed E-state index contributed by atoms with van der Waals surface area (Å²) in [4.78, 5) is 16.4. The zero-order chi connectivity index (χ0) is 16.1. The van der Waals surface area contributed by atoms with Gasteiger partial charge >= 0.3 is 0 Å². The average molecular weight is 326 g/mol. The van der Waals surface area contributed by atoms with Gasteiger partial charge in [0.1, 0.15) is 6.04 Å². The van der Waals surface area contributed by atoms with Gasteiger partial charge in [-0.1, -0.05) is 23.7 Å². The van der Waals surface area contributed by atoms with Gasteiger partial charge in [-0.3, -0.25) is 9.69 Å². The molecule has 1 amide bonds. The van der Waals surface area contributed by atoms with Gasteiger partial charge in [-0.15, -0.1) is 0 Å². The van der Waals surface area contributed by atoms with Gasteiger partial charge in [-0.05, 0) is 24.6 Å². The molecule has 1 aromatic carbocycles. The number of piperazine rings is 1. The van der Waals surface area contributed by atoms with Crippen molar-refractivity contribution in [3.8, 4) is 0 Å². The van der Waals surface area contributed by atoms with Crippen LogP contribution in [-0.4, -0.2) is 61.6 Å². The molecular formula is C16H24ClN3O2. The fourth-order valence-electron chi connectivity index (χ4n) is 2.77. The number of benzene rings is 1. The number of nitrogens with zero attached hydrogens (tertiary/aromatic N) is 2. The number of rotatable bonds is 5. The summed E-state index contributed by atoms with van der Waals surface area (Å²) in [6, 6.07) is 7.68. The number of halogens is 1. The standard InChI is InChI=1S/C16H24ClN3O2/c1-12(13-3-5-14(17)6-4-13)19-7-9-20(10-8-19)16(21)15(18)11-22-2/h3-6,12,15H,7-11,18H2,1-2H3. The smallest absolute Gasteiger partial charge is 0.241 e. The molecule has 6 heteroatoms. The lowest BCUT2D eigenvalue weighted by Gasteiger charge is -2.39. The van der Waals surface area contributed by atoms with Gasteiger partial charge in [0.25, 0.3) is 0 Å². The van der Waals surface area contributed by atoms with Crippen molar-refractivity contribution in [2.24, 2.45) is 5.73 Å². The van der Waals surface area contributed by atoms with E-state index in [0.29, 0.717) is 19.1 Å². The van der Waals surface area contributed by atoms with E-state index in [0.717, 1.165) is 18.1 Å². The number of amides is 1. The molecule has 0 saturated carbocycles. The van der Waals surface area contributed by atoms with E-state index in [-0.39, 0.29) is 12.5 Å². The van der Waals surface area contributed by atoms with E-state index in [1.165, 1.54) is 5.56 Å². The molecule has 2 rings (SSSR count). The Bertz CT molecular complexity index is 487. The van der Waals surface area contributed by atoms with Crippen LogP contribution >= 0.6 is 11.6 Å². The first-order chi connectivity index (χ1) is 10.5. The van der Waals surface area contributed by atoms with Crippen molar-refractivity contribution in [3.63, 3.8) is 0 Å². The molecule has 1 aliphatic rings. The van der Waals surface area contributed by atoms with Gasteiger partial charge in [0.05, 0.1) is 6.61 Å². The predicted molar refractivity (Wildman–Crippen MR) is 87.9 cm³/mol. The van der Waals surface area contributed by atoms with Crippen molar-refractivity contribution in [3.05, 3.63) is 34.9 Å². The van der Waals surface area contributed by atoms with Crippen molar-refractivity contribution in [1.82, 2.24) is 9.80 Å². The molecular weight excluding hydrogens is 302 g/mol. The number of ether oxygens (including phenoxy) is 1. The van der Waals surface area contributed by atoms with E-state index in [2.05, 4.69) is 24.0 Å². The van der Waals surface area contributed by atoms with Crippen LogP contribution in [0.1, 0.15) is 18.5 Å². The van der Waals surface area contributed by atoms with E-state index in [1.807, 2.05) is 17.0 Å². The molecule has 122 valence electrons. The molecule has 1 saturated heterocycles. The summed E-state index contributed by atoms with van der Waals surface area (Å²) >= 11 is 5.93. The van der Waals surface area contributed by atoms with E-state index >= 15 is 0 Å². The molecule has 0 spiro atoms. The summed E-state index contributed by atoms with van der Waals surface area (Å²) in [6.45, 7) is 5.53. The third-order valence-corrected chi connectivity index (χ3v) is 4.44. The topological polar surface area (TPSA) is 58.8 Å². The largest absolute Gasteiger partial charge is 0.383 e. The lowest BCUT2D eigenvalue weighted by Crippen LogP contribution is -2.54. The molecule has 0 aromatic heterocycles. The maximum absolute atomic E-state index is 12.2. The van der Waals surface area contributed by atoms with Crippen LogP contribution < -0.4 is 5.73 Å². The highest BCUT2D eigenvalue weighted by molar-refractivity contribution is 6.30. The molecule has 1 fully saturated rings. The summed E-state index contributed by atoms with van der Waals surface area (Å²) in [5.41, 5.74) is 7.05. The highest BCUT2D eigenvalue weighted by atomic mass is 35.5. The highest BCUT2D eigenvalue weighted by Gasteiger charge is 2.27. The Hall–Kier alpha value is -1.14. The normalized spacial score (nSPS) is 19.0. The average Bonchev–Trinajstić information content (AvgIpc) is 2.54. The molecule has 0 radical (unpaired) electrons. The number of carbonyl (C=O) groups excluding carboxylic acids is 1. The van der Waals surface area contributed by atoms with E-state index in [9.17, 15) is 4.79 Å². The maximum Gasteiger partial charge on any atom is 0.241 e. The van der Waals surface area contributed by atoms with Crippen LogP contribution in [0.25, 0.3) is 0 Å². The lowest BCUT2D eigenvalue weighted by molar-refractivity contribution is -0.135. The van der Waals surface area contributed by atoms with Crippen molar-refractivity contribution in [1.29, 1.82) is 0 Å². The van der Waals surface area contributed by atoms with Gasteiger partial charge in [0, 0.05) is 44.4 Å². The lowest BCUT2D eigenvalue weighted by atomic mass is 10.1. The van der Waals surface area contributed by atoms with Crippen molar-refractivity contribution in [2.45, 2.75) is 19.0 Å². The SMILES string of the molecule is COCC(N)C(=O)N1CCN(C(C)c2ccc(Cl)cc2)CC1. The molecule has 2 N–H and O–H groups in total. The van der Waals surface area contributed by atoms with Crippen LogP contribution in [0.5, 0.6) is 0 Å². The minimum atomic E-state index is -0.565. The summed E-state index contributed by atoms with van der Waals surface area (Å²) in [7, 11) is 1.55. The van der Waals surface area contributed by atoms with Crippen LogP contribution in [0.3, 0.4) is 0 Å². The Morgan fingerprint density at radius 2 is 1.86 bits per heavy atom. The number of methoxy groups -OCH3 is 1.